The molecule has 0 N–H and O–H groups in total. The summed E-state index contributed by atoms with van der Waals surface area (Å²) in [6.45, 7) is 0.837. The van der Waals surface area contributed by atoms with Gasteiger partial charge in [0.15, 0.2) is 0 Å². The molecule has 1 aromatic carbocycles. The zero-order valence-electron chi connectivity index (χ0n) is 11.5. The summed E-state index contributed by atoms with van der Waals surface area (Å²) in [6, 6.07) is 12.4. The molecule has 3 aromatic rings. The van der Waals surface area contributed by atoms with Crippen LogP contribution in [0.5, 0.6) is 0 Å². The number of fused-ring (bicyclic) bond motifs is 1. The van der Waals surface area contributed by atoms with Gasteiger partial charge < -0.3 is 4.90 Å². The van der Waals surface area contributed by atoms with Crippen molar-refractivity contribution in [2.75, 3.05) is 11.9 Å². The van der Waals surface area contributed by atoms with Gasteiger partial charge >= 0.3 is 0 Å². The summed E-state index contributed by atoms with van der Waals surface area (Å²) in [6.07, 6.45) is 0. The Bertz CT molecular complexity index is 772. The van der Waals surface area contributed by atoms with Crippen LogP contribution in [0.1, 0.15) is 10.4 Å². The molecule has 108 valence electrons. The number of hydrogen-bond donors (Lipinski definition) is 0. The van der Waals surface area contributed by atoms with E-state index >= 15 is 0 Å². The number of hydrogen-bond acceptors (Lipinski definition) is 3. The third-order valence-electron chi connectivity index (χ3n) is 3.34. The van der Waals surface area contributed by atoms with Crippen molar-refractivity contribution in [3.8, 4) is 0 Å². The molecule has 0 saturated heterocycles. The average Bonchev–Trinajstić information content (AvgIpc) is 2.91. The minimum absolute atomic E-state index is 0.494. The van der Waals surface area contributed by atoms with E-state index in [4.69, 9.17) is 16.6 Å². The van der Waals surface area contributed by atoms with Crippen molar-refractivity contribution >= 4 is 55.6 Å². The normalized spacial score (nSPS) is 11.0. The van der Waals surface area contributed by atoms with E-state index in [0.717, 1.165) is 33.3 Å². The third kappa shape index (κ3) is 3.23. The summed E-state index contributed by atoms with van der Waals surface area (Å²) >= 11 is 11.3. The number of nitrogens with zero attached hydrogens (tertiary/aromatic N) is 2. The van der Waals surface area contributed by atoms with Crippen LogP contribution < -0.4 is 4.90 Å². The first-order valence-electron chi connectivity index (χ1n) is 6.56. The lowest BCUT2D eigenvalue weighted by molar-refractivity contribution is 0.916. The Balaban J connectivity index is 1.95. The molecule has 0 radical (unpaired) electrons. The molecular weight excluding hydrogens is 368 g/mol. The minimum Gasteiger partial charge on any atom is -0.355 e. The minimum atomic E-state index is 0.494. The van der Waals surface area contributed by atoms with Gasteiger partial charge in [-0.25, -0.2) is 4.98 Å². The summed E-state index contributed by atoms with van der Waals surface area (Å²) in [5.41, 5.74) is 2.11. The smallest absolute Gasteiger partial charge is 0.129 e. The molecule has 0 bridgehead atoms. The van der Waals surface area contributed by atoms with Crippen molar-refractivity contribution in [2.24, 2.45) is 0 Å². The van der Waals surface area contributed by atoms with Gasteiger partial charge in [-0.2, -0.15) is 0 Å². The molecule has 2 nitrogen and oxygen atoms in total. The first-order valence-corrected chi connectivity index (χ1v) is 8.77. The molecule has 0 unspecified atom stereocenters. The second-order valence-electron chi connectivity index (χ2n) is 4.88. The summed E-state index contributed by atoms with van der Waals surface area (Å²) < 4.78 is 1.13. The molecule has 0 atom stereocenters. The fraction of sp³-hybridized carbons (Fsp3) is 0.188. The monoisotopic (exact) mass is 380 g/mol. The maximum Gasteiger partial charge on any atom is 0.129 e. The molecule has 21 heavy (non-hydrogen) atoms. The van der Waals surface area contributed by atoms with Crippen LogP contribution in [0.15, 0.2) is 46.3 Å². The number of alkyl halides is 1. The summed E-state index contributed by atoms with van der Waals surface area (Å²) in [5.74, 6) is 1.45. The van der Waals surface area contributed by atoms with E-state index in [9.17, 15) is 0 Å². The van der Waals surface area contributed by atoms with Gasteiger partial charge in [-0.1, -0.05) is 18.2 Å². The Morgan fingerprint density at radius 2 is 2.10 bits per heavy atom. The van der Waals surface area contributed by atoms with Gasteiger partial charge in [0.05, 0.1) is 12.1 Å². The summed E-state index contributed by atoms with van der Waals surface area (Å²) in [7, 11) is 2.06. The Kier molecular flexibility index (Phi) is 4.48. The molecule has 2 heterocycles. The molecule has 0 fully saturated rings. The van der Waals surface area contributed by atoms with Gasteiger partial charge in [-0.15, -0.1) is 22.9 Å². The number of anilines is 1. The van der Waals surface area contributed by atoms with Crippen molar-refractivity contribution in [1.82, 2.24) is 4.98 Å². The van der Waals surface area contributed by atoms with Crippen LogP contribution in [0, 0.1) is 0 Å². The highest BCUT2D eigenvalue weighted by molar-refractivity contribution is 9.10. The molecule has 0 spiro atoms. The number of thiophene rings is 1. The molecule has 0 aliphatic rings. The van der Waals surface area contributed by atoms with Crippen LogP contribution in [0.25, 0.3) is 10.9 Å². The fourth-order valence-corrected chi connectivity index (χ4v) is 4.01. The Morgan fingerprint density at radius 1 is 1.29 bits per heavy atom. The van der Waals surface area contributed by atoms with Crippen molar-refractivity contribution in [3.63, 3.8) is 0 Å². The quantitative estimate of drug-likeness (QED) is 0.560. The predicted octanol–water partition coefficient (Wildman–Crippen LogP) is 5.43. The molecule has 0 saturated carbocycles. The van der Waals surface area contributed by atoms with E-state index in [1.807, 2.05) is 18.2 Å². The number of halogens is 2. The van der Waals surface area contributed by atoms with E-state index in [-0.39, 0.29) is 0 Å². The highest BCUT2D eigenvalue weighted by Gasteiger charge is 2.10. The lowest BCUT2D eigenvalue weighted by Crippen LogP contribution is -2.17. The van der Waals surface area contributed by atoms with Gasteiger partial charge in [0.2, 0.25) is 0 Å². The van der Waals surface area contributed by atoms with Crippen molar-refractivity contribution in [1.29, 1.82) is 0 Å². The molecule has 3 rings (SSSR count). The Morgan fingerprint density at radius 3 is 2.81 bits per heavy atom. The van der Waals surface area contributed by atoms with Gasteiger partial charge in [-0.3, -0.25) is 0 Å². The number of pyridine rings is 1. The Hall–Kier alpha value is -1.10. The highest BCUT2D eigenvalue weighted by Crippen LogP contribution is 2.26. The van der Waals surface area contributed by atoms with E-state index in [0.29, 0.717) is 5.88 Å². The van der Waals surface area contributed by atoms with Crippen molar-refractivity contribution in [2.45, 2.75) is 12.4 Å². The lowest BCUT2D eigenvalue weighted by Gasteiger charge is -2.19. The first kappa shape index (κ1) is 14.8. The van der Waals surface area contributed by atoms with Crippen molar-refractivity contribution < 1.29 is 0 Å². The van der Waals surface area contributed by atoms with Gasteiger partial charge in [0, 0.05) is 33.0 Å². The van der Waals surface area contributed by atoms with Crippen LogP contribution in [-0.4, -0.2) is 12.0 Å². The standard InChI is InChI=1S/C16H14BrClN2S/c1-20(9-13-7-12(17)10-21-13)16-6-11(8-18)14-4-2-3-5-15(14)19-16/h2-7,10H,8-9H2,1H3. The van der Waals surface area contributed by atoms with Crippen molar-refractivity contribution in [3.05, 3.63) is 56.7 Å². The fourth-order valence-electron chi connectivity index (χ4n) is 2.29. The van der Waals surface area contributed by atoms with E-state index in [1.165, 1.54) is 4.88 Å². The number of rotatable bonds is 4. The topological polar surface area (TPSA) is 16.1 Å². The summed E-state index contributed by atoms with van der Waals surface area (Å²) in [5, 5.41) is 3.23. The zero-order chi connectivity index (χ0) is 14.8. The highest BCUT2D eigenvalue weighted by atomic mass is 79.9. The summed E-state index contributed by atoms with van der Waals surface area (Å²) in [4.78, 5) is 8.20. The Labute approximate surface area is 141 Å². The van der Waals surface area contributed by atoms with E-state index in [1.54, 1.807) is 11.3 Å². The molecule has 2 aromatic heterocycles. The maximum absolute atomic E-state index is 6.10. The van der Waals surface area contributed by atoms with E-state index in [2.05, 4.69) is 51.5 Å². The lowest BCUT2D eigenvalue weighted by atomic mass is 10.1. The maximum atomic E-state index is 6.10. The first-order chi connectivity index (χ1) is 10.2. The number of benzene rings is 1. The van der Waals surface area contributed by atoms with Crippen LogP contribution in [0.3, 0.4) is 0 Å². The average molecular weight is 382 g/mol. The van der Waals surface area contributed by atoms with Crippen LogP contribution >= 0.6 is 38.9 Å². The van der Waals surface area contributed by atoms with E-state index < -0.39 is 0 Å². The molecular formula is C16H14BrClN2S. The molecule has 0 aliphatic heterocycles. The largest absolute Gasteiger partial charge is 0.355 e. The van der Waals surface area contributed by atoms with Crippen LogP contribution in [0.2, 0.25) is 0 Å². The number of aromatic nitrogens is 1. The van der Waals surface area contributed by atoms with Gasteiger partial charge in [0.1, 0.15) is 5.82 Å². The molecule has 0 amide bonds. The third-order valence-corrected chi connectivity index (χ3v) is 5.31. The zero-order valence-corrected chi connectivity index (χ0v) is 14.7. The van der Waals surface area contributed by atoms with Gasteiger partial charge in [-0.05, 0) is 39.7 Å². The van der Waals surface area contributed by atoms with Crippen LogP contribution in [-0.2, 0) is 12.4 Å². The molecule has 5 heteroatoms. The molecule has 0 aliphatic carbocycles. The second-order valence-corrected chi connectivity index (χ2v) is 7.06. The predicted molar refractivity (Wildman–Crippen MR) is 95.4 cm³/mol. The second kappa shape index (κ2) is 6.34. The number of para-hydroxylation sites is 1. The SMILES string of the molecule is CN(Cc1cc(Br)cs1)c1cc(CCl)c2ccccc2n1. The van der Waals surface area contributed by atoms with Crippen LogP contribution in [0.4, 0.5) is 5.82 Å². The van der Waals surface area contributed by atoms with Gasteiger partial charge in [0.25, 0.3) is 0 Å².